The second-order valence-electron chi connectivity index (χ2n) is 4.71. The minimum absolute atomic E-state index is 0.0769. The fourth-order valence-corrected chi connectivity index (χ4v) is 2.82. The molecule has 0 spiro atoms. The largest absolute Gasteiger partial charge is 0.391 e. The quantitative estimate of drug-likeness (QED) is 0.843. The number of nitrogens with one attached hydrogen (secondary N) is 1. The Morgan fingerprint density at radius 3 is 3.06 bits per heavy atom. The van der Waals surface area contributed by atoms with Crippen LogP contribution in [0.2, 0.25) is 0 Å². The molecule has 0 radical (unpaired) electrons. The molecule has 0 aliphatic carbocycles. The summed E-state index contributed by atoms with van der Waals surface area (Å²) >= 11 is 1.60. The Kier molecular flexibility index (Phi) is 4.68. The molecule has 1 aromatic heterocycles. The van der Waals surface area contributed by atoms with Crippen LogP contribution in [-0.2, 0) is 11.3 Å². The van der Waals surface area contributed by atoms with Crippen LogP contribution in [0.25, 0.3) is 0 Å². The fraction of sp³-hybridized carbons (Fsp3) is 0.667. The van der Waals surface area contributed by atoms with Crippen LogP contribution in [0, 0.1) is 0 Å². The van der Waals surface area contributed by atoms with E-state index in [0.29, 0.717) is 6.42 Å². The van der Waals surface area contributed by atoms with E-state index in [1.807, 2.05) is 10.9 Å². The molecule has 0 unspecified atom stereocenters. The van der Waals surface area contributed by atoms with Crippen molar-refractivity contribution in [1.29, 1.82) is 0 Å². The number of aromatic nitrogens is 1. The van der Waals surface area contributed by atoms with Gasteiger partial charge in [0, 0.05) is 31.9 Å². The average Bonchev–Trinajstić information content (AvgIpc) is 2.76. The van der Waals surface area contributed by atoms with Crippen LogP contribution in [0.3, 0.4) is 0 Å². The lowest BCUT2D eigenvalue weighted by Crippen LogP contribution is -2.42. The number of hydrogen-bond acceptors (Lipinski definition) is 5. The SMILES string of the molecule is CC(=O)N[C@H]1CCN(Cc2cscn2)CC[C@@H]1O. The Balaban J connectivity index is 1.88. The minimum atomic E-state index is -0.450. The summed E-state index contributed by atoms with van der Waals surface area (Å²) in [5, 5.41) is 14.9. The summed E-state index contributed by atoms with van der Waals surface area (Å²) in [5.41, 5.74) is 2.91. The first-order valence-corrected chi connectivity index (χ1v) is 7.14. The Morgan fingerprint density at radius 2 is 2.39 bits per heavy atom. The Hall–Kier alpha value is -0.980. The topological polar surface area (TPSA) is 65.5 Å². The smallest absolute Gasteiger partial charge is 0.217 e. The molecule has 1 aromatic rings. The minimum Gasteiger partial charge on any atom is -0.391 e. The molecule has 2 N–H and O–H groups in total. The standard InChI is InChI=1S/C12H19N3O2S/c1-9(16)14-11-2-4-15(5-3-12(11)17)6-10-7-18-8-13-10/h7-8,11-12,17H,2-6H2,1H3,(H,14,16)/t11-,12-/m0/s1. The van der Waals surface area contributed by atoms with Gasteiger partial charge in [-0.15, -0.1) is 11.3 Å². The third-order valence-electron chi connectivity index (χ3n) is 3.22. The highest BCUT2D eigenvalue weighted by atomic mass is 32.1. The third kappa shape index (κ3) is 3.76. The number of thiazole rings is 1. The molecule has 6 heteroatoms. The van der Waals surface area contributed by atoms with Crippen molar-refractivity contribution in [3.63, 3.8) is 0 Å². The number of rotatable bonds is 3. The molecule has 1 aliphatic rings. The molecule has 2 atom stereocenters. The van der Waals surface area contributed by atoms with Crippen LogP contribution in [0.15, 0.2) is 10.9 Å². The van der Waals surface area contributed by atoms with Crippen LogP contribution in [0.5, 0.6) is 0 Å². The zero-order valence-corrected chi connectivity index (χ0v) is 11.3. The molecular formula is C12H19N3O2S. The molecule has 1 aliphatic heterocycles. The van der Waals surface area contributed by atoms with E-state index < -0.39 is 6.10 Å². The Labute approximate surface area is 111 Å². The molecule has 0 aromatic carbocycles. The number of likely N-dealkylation sites (tertiary alicyclic amines) is 1. The molecule has 2 rings (SSSR count). The van der Waals surface area contributed by atoms with Crippen molar-refractivity contribution in [3.05, 3.63) is 16.6 Å². The molecule has 18 heavy (non-hydrogen) atoms. The van der Waals surface area contributed by atoms with Crippen LogP contribution < -0.4 is 5.32 Å². The van der Waals surface area contributed by atoms with Crippen molar-refractivity contribution < 1.29 is 9.90 Å². The molecule has 0 saturated carbocycles. The highest BCUT2D eigenvalue weighted by molar-refractivity contribution is 7.07. The summed E-state index contributed by atoms with van der Waals surface area (Å²) in [6.45, 7) is 4.03. The molecule has 100 valence electrons. The number of nitrogens with zero attached hydrogens (tertiary/aromatic N) is 2. The number of carbonyl (C=O) groups excluding carboxylic acids is 1. The predicted molar refractivity (Wildman–Crippen MR) is 70.2 cm³/mol. The van der Waals surface area contributed by atoms with Gasteiger partial charge in [0.25, 0.3) is 0 Å². The van der Waals surface area contributed by atoms with Gasteiger partial charge in [0.15, 0.2) is 0 Å². The molecule has 1 saturated heterocycles. The van der Waals surface area contributed by atoms with Crippen LogP contribution in [0.1, 0.15) is 25.5 Å². The first-order valence-electron chi connectivity index (χ1n) is 6.19. The molecule has 0 bridgehead atoms. The average molecular weight is 269 g/mol. The number of aliphatic hydroxyl groups is 1. The van der Waals surface area contributed by atoms with Gasteiger partial charge in [0.2, 0.25) is 5.91 Å². The molecular weight excluding hydrogens is 250 g/mol. The fourth-order valence-electron chi connectivity index (χ4n) is 2.27. The highest BCUT2D eigenvalue weighted by Crippen LogP contribution is 2.14. The number of carbonyl (C=O) groups is 1. The maximum Gasteiger partial charge on any atom is 0.217 e. The summed E-state index contributed by atoms with van der Waals surface area (Å²) in [6.07, 6.45) is 1.02. The van der Waals surface area contributed by atoms with Crippen molar-refractivity contribution in [2.75, 3.05) is 13.1 Å². The van der Waals surface area contributed by atoms with Crippen LogP contribution in [-0.4, -0.2) is 46.1 Å². The van der Waals surface area contributed by atoms with Gasteiger partial charge in [-0.25, -0.2) is 4.98 Å². The molecule has 5 nitrogen and oxygen atoms in total. The van der Waals surface area contributed by atoms with Crippen molar-refractivity contribution in [3.8, 4) is 0 Å². The van der Waals surface area contributed by atoms with Gasteiger partial charge in [0.05, 0.1) is 23.4 Å². The molecule has 1 fully saturated rings. The van der Waals surface area contributed by atoms with Crippen LogP contribution >= 0.6 is 11.3 Å². The van der Waals surface area contributed by atoms with Gasteiger partial charge in [-0.05, 0) is 12.8 Å². The second kappa shape index (κ2) is 6.26. The number of hydrogen-bond donors (Lipinski definition) is 2. The summed E-state index contributed by atoms with van der Waals surface area (Å²) in [6, 6.07) is -0.122. The zero-order valence-electron chi connectivity index (χ0n) is 10.5. The van der Waals surface area contributed by atoms with E-state index in [-0.39, 0.29) is 11.9 Å². The Morgan fingerprint density at radius 1 is 1.61 bits per heavy atom. The lowest BCUT2D eigenvalue weighted by molar-refractivity contribution is -0.120. The second-order valence-corrected chi connectivity index (χ2v) is 5.43. The van der Waals surface area contributed by atoms with Crippen LogP contribution in [0.4, 0.5) is 0 Å². The van der Waals surface area contributed by atoms with Gasteiger partial charge in [-0.1, -0.05) is 0 Å². The molecule has 2 heterocycles. The van der Waals surface area contributed by atoms with E-state index >= 15 is 0 Å². The lowest BCUT2D eigenvalue weighted by atomic mass is 10.1. The Bertz CT molecular complexity index is 383. The normalized spacial score (nSPS) is 25.7. The number of amides is 1. The lowest BCUT2D eigenvalue weighted by Gasteiger charge is -2.20. The zero-order chi connectivity index (χ0) is 13.0. The van der Waals surface area contributed by atoms with E-state index in [9.17, 15) is 9.90 Å². The van der Waals surface area contributed by atoms with Crippen molar-refractivity contribution in [2.45, 2.75) is 38.5 Å². The van der Waals surface area contributed by atoms with Gasteiger partial charge in [-0.3, -0.25) is 9.69 Å². The molecule has 1 amide bonds. The van der Waals surface area contributed by atoms with E-state index in [0.717, 1.165) is 31.7 Å². The van der Waals surface area contributed by atoms with Crippen molar-refractivity contribution in [1.82, 2.24) is 15.2 Å². The maximum absolute atomic E-state index is 11.1. The summed E-state index contributed by atoms with van der Waals surface area (Å²) < 4.78 is 0. The monoisotopic (exact) mass is 269 g/mol. The summed E-state index contributed by atoms with van der Waals surface area (Å²) in [4.78, 5) is 17.6. The van der Waals surface area contributed by atoms with Gasteiger partial charge in [-0.2, -0.15) is 0 Å². The highest BCUT2D eigenvalue weighted by Gasteiger charge is 2.25. The predicted octanol–water partition coefficient (Wildman–Crippen LogP) is 0.604. The van der Waals surface area contributed by atoms with E-state index in [4.69, 9.17) is 0 Å². The first kappa shape index (κ1) is 13.5. The third-order valence-corrected chi connectivity index (χ3v) is 3.85. The first-order chi connectivity index (χ1) is 8.65. The summed E-state index contributed by atoms with van der Waals surface area (Å²) in [7, 11) is 0. The van der Waals surface area contributed by atoms with Gasteiger partial charge in [0.1, 0.15) is 0 Å². The van der Waals surface area contributed by atoms with Gasteiger partial charge >= 0.3 is 0 Å². The maximum atomic E-state index is 11.1. The van der Waals surface area contributed by atoms with E-state index in [1.165, 1.54) is 6.92 Å². The number of aliphatic hydroxyl groups excluding tert-OH is 1. The van der Waals surface area contributed by atoms with Gasteiger partial charge < -0.3 is 10.4 Å². The van der Waals surface area contributed by atoms with E-state index in [1.54, 1.807) is 11.3 Å². The van der Waals surface area contributed by atoms with Crippen molar-refractivity contribution >= 4 is 17.2 Å². The summed E-state index contributed by atoms with van der Waals surface area (Å²) in [5.74, 6) is -0.0769. The van der Waals surface area contributed by atoms with Crippen molar-refractivity contribution in [2.24, 2.45) is 0 Å². The van der Waals surface area contributed by atoms with E-state index in [2.05, 4.69) is 15.2 Å².